The van der Waals surface area contributed by atoms with Crippen LogP contribution in [-0.2, 0) is 11.3 Å². The van der Waals surface area contributed by atoms with E-state index in [2.05, 4.69) is 22.3 Å². The summed E-state index contributed by atoms with van der Waals surface area (Å²) in [7, 11) is 0. The Morgan fingerprint density at radius 2 is 2.04 bits per heavy atom. The molecule has 5 heteroatoms. The summed E-state index contributed by atoms with van der Waals surface area (Å²) in [4.78, 5) is 14.8. The molecule has 1 fully saturated rings. The van der Waals surface area contributed by atoms with Gasteiger partial charge in [-0.15, -0.1) is 0 Å². The molecule has 138 valence electrons. The number of rotatable bonds is 6. The van der Waals surface area contributed by atoms with Gasteiger partial charge in [-0.2, -0.15) is 0 Å². The zero-order valence-corrected chi connectivity index (χ0v) is 14.8. The number of hydrogen-bond donors (Lipinski definition) is 2. The van der Waals surface area contributed by atoms with Gasteiger partial charge in [-0.05, 0) is 42.6 Å². The average molecular weight is 356 g/mol. The quantitative estimate of drug-likeness (QED) is 0.837. The van der Waals surface area contributed by atoms with Crippen molar-refractivity contribution in [3.63, 3.8) is 0 Å². The number of halogens is 1. The van der Waals surface area contributed by atoms with Gasteiger partial charge in [0.2, 0.25) is 5.91 Å². The van der Waals surface area contributed by atoms with E-state index in [0.29, 0.717) is 5.56 Å². The van der Waals surface area contributed by atoms with E-state index in [4.69, 9.17) is 0 Å². The Labute approximate surface area is 153 Å². The number of carbonyl (C=O) groups excluding carboxylic acids is 1. The molecule has 1 saturated heterocycles. The predicted octanol–water partition coefficient (Wildman–Crippen LogP) is 2.89. The van der Waals surface area contributed by atoms with Gasteiger partial charge in [-0.3, -0.25) is 9.69 Å². The minimum atomic E-state index is -0.904. The van der Waals surface area contributed by atoms with Crippen LogP contribution < -0.4 is 5.32 Å². The molecular formula is C21H25FN2O2. The van der Waals surface area contributed by atoms with E-state index >= 15 is 0 Å². The molecule has 0 saturated carbocycles. The standard InChI is InChI=1S/C21H25FN2O2/c22-19-10-4-8-17(12-19)20(25)13-23-21(26)18-9-5-11-24(15-18)14-16-6-2-1-3-7-16/h1-4,6-8,10,12,18,20,25H,5,9,11,13-15H2,(H,23,26). The zero-order chi connectivity index (χ0) is 18.4. The Kier molecular flexibility index (Phi) is 6.36. The number of nitrogens with one attached hydrogen (secondary N) is 1. The van der Waals surface area contributed by atoms with Gasteiger partial charge in [0, 0.05) is 19.6 Å². The van der Waals surface area contributed by atoms with Crippen LogP contribution in [0.15, 0.2) is 54.6 Å². The van der Waals surface area contributed by atoms with Gasteiger partial charge in [0.25, 0.3) is 0 Å². The number of benzene rings is 2. The van der Waals surface area contributed by atoms with Crippen molar-refractivity contribution < 1.29 is 14.3 Å². The van der Waals surface area contributed by atoms with E-state index in [1.807, 2.05) is 18.2 Å². The first-order valence-corrected chi connectivity index (χ1v) is 9.09. The second-order valence-corrected chi connectivity index (χ2v) is 6.88. The number of likely N-dealkylation sites (tertiary alicyclic amines) is 1. The first-order chi connectivity index (χ1) is 12.6. The van der Waals surface area contributed by atoms with Gasteiger partial charge < -0.3 is 10.4 Å². The Hall–Kier alpha value is -2.24. The molecule has 2 unspecified atom stereocenters. The fourth-order valence-electron chi connectivity index (χ4n) is 3.43. The fourth-order valence-corrected chi connectivity index (χ4v) is 3.43. The van der Waals surface area contributed by atoms with Gasteiger partial charge >= 0.3 is 0 Å². The van der Waals surface area contributed by atoms with E-state index in [9.17, 15) is 14.3 Å². The number of hydrogen-bond acceptors (Lipinski definition) is 3. The summed E-state index contributed by atoms with van der Waals surface area (Å²) in [5.74, 6) is -0.512. The molecule has 0 bridgehead atoms. The molecule has 2 aromatic carbocycles. The maximum Gasteiger partial charge on any atom is 0.224 e. The lowest BCUT2D eigenvalue weighted by Gasteiger charge is -2.32. The molecule has 4 nitrogen and oxygen atoms in total. The van der Waals surface area contributed by atoms with Crippen LogP contribution in [0.25, 0.3) is 0 Å². The van der Waals surface area contributed by atoms with Crippen molar-refractivity contribution in [3.8, 4) is 0 Å². The van der Waals surface area contributed by atoms with Crippen LogP contribution in [0, 0.1) is 11.7 Å². The number of amides is 1. The third-order valence-electron chi connectivity index (χ3n) is 4.83. The largest absolute Gasteiger partial charge is 0.387 e. The third kappa shape index (κ3) is 5.13. The highest BCUT2D eigenvalue weighted by molar-refractivity contribution is 5.79. The van der Waals surface area contributed by atoms with E-state index in [-0.39, 0.29) is 18.4 Å². The highest BCUT2D eigenvalue weighted by Gasteiger charge is 2.26. The second-order valence-electron chi connectivity index (χ2n) is 6.88. The van der Waals surface area contributed by atoms with Crippen LogP contribution in [0.2, 0.25) is 0 Å². The molecule has 3 rings (SSSR count). The van der Waals surface area contributed by atoms with E-state index in [1.165, 1.54) is 17.7 Å². The Balaban J connectivity index is 1.49. The molecule has 0 aromatic heterocycles. The van der Waals surface area contributed by atoms with Gasteiger partial charge in [0.05, 0.1) is 12.0 Å². The first-order valence-electron chi connectivity index (χ1n) is 9.09. The molecule has 2 aromatic rings. The van der Waals surface area contributed by atoms with Crippen molar-refractivity contribution in [2.45, 2.75) is 25.5 Å². The minimum absolute atomic E-state index is 0.0433. The number of piperidine rings is 1. The molecular weight excluding hydrogens is 331 g/mol. The lowest BCUT2D eigenvalue weighted by Crippen LogP contribution is -2.43. The lowest BCUT2D eigenvalue weighted by molar-refractivity contribution is -0.127. The predicted molar refractivity (Wildman–Crippen MR) is 98.8 cm³/mol. The SMILES string of the molecule is O=C(NCC(O)c1cccc(F)c1)C1CCCN(Cc2ccccc2)C1. The number of aliphatic hydroxyl groups is 1. The molecule has 2 N–H and O–H groups in total. The van der Waals surface area contributed by atoms with Crippen molar-refractivity contribution in [3.05, 3.63) is 71.5 Å². The van der Waals surface area contributed by atoms with Gasteiger partial charge in [-0.1, -0.05) is 42.5 Å². The molecule has 1 aliphatic rings. The number of carbonyl (C=O) groups is 1. The van der Waals surface area contributed by atoms with Gasteiger partial charge in [-0.25, -0.2) is 4.39 Å². The van der Waals surface area contributed by atoms with E-state index in [1.54, 1.807) is 12.1 Å². The highest BCUT2D eigenvalue weighted by atomic mass is 19.1. The molecule has 1 heterocycles. The summed E-state index contributed by atoms with van der Waals surface area (Å²) in [6, 6.07) is 16.1. The van der Waals surface area contributed by atoms with Crippen LogP contribution >= 0.6 is 0 Å². The van der Waals surface area contributed by atoms with E-state index < -0.39 is 11.9 Å². The maximum absolute atomic E-state index is 13.2. The van der Waals surface area contributed by atoms with Crippen molar-refractivity contribution in [2.75, 3.05) is 19.6 Å². The van der Waals surface area contributed by atoms with E-state index in [0.717, 1.165) is 32.5 Å². The monoisotopic (exact) mass is 356 g/mol. The molecule has 2 atom stereocenters. The zero-order valence-electron chi connectivity index (χ0n) is 14.8. The topological polar surface area (TPSA) is 52.6 Å². The van der Waals surface area contributed by atoms with Crippen LogP contribution in [0.4, 0.5) is 4.39 Å². The van der Waals surface area contributed by atoms with Crippen LogP contribution in [0.5, 0.6) is 0 Å². The maximum atomic E-state index is 13.2. The number of nitrogens with zero attached hydrogens (tertiary/aromatic N) is 1. The molecule has 26 heavy (non-hydrogen) atoms. The van der Waals surface area contributed by atoms with Crippen LogP contribution in [0.3, 0.4) is 0 Å². The van der Waals surface area contributed by atoms with Crippen molar-refractivity contribution in [2.24, 2.45) is 5.92 Å². The Morgan fingerprint density at radius 1 is 1.23 bits per heavy atom. The van der Waals surface area contributed by atoms with Crippen molar-refractivity contribution >= 4 is 5.91 Å². The van der Waals surface area contributed by atoms with Gasteiger partial charge in [0.1, 0.15) is 5.82 Å². The fraction of sp³-hybridized carbons (Fsp3) is 0.381. The van der Waals surface area contributed by atoms with Gasteiger partial charge in [0.15, 0.2) is 0 Å². The summed E-state index contributed by atoms with van der Waals surface area (Å²) in [6.07, 6.45) is 0.934. The summed E-state index contributed by atoms with van der Waals surface area (Å²) < 4.78 is 13.2. The summed E-state index contributed by atoms with van der Waals surface area (Å²) in [5, 5.41) is 13.0. The van der Waals surface area contributed by atoms with Crippen LogP contribution in [0.1, 0.15) is 30.1 Å². The Morgan fingerprint density at radius 3 is 2.81 bits per heavy atom. The lowest BCUT2D eigenvalue weighted by atomic mass is 9.96. The number of aliphatic hydroxyl groups excluding tert-OH is 1. The molecule has 1 aliphatic heterocycles. The summed E-state index contributed by atoms with van der Waals surface area (Å²) >= 11 is 0. The summed E-state index contributed by atoms with van der Waals surface area (Å²) in [5.41, 5.74) is 1.72. The highest BCUT2D eigenvalue weighted by Crippen LogP contribution is 2.19. The molecule has 0 aliphatic carbocycles. The summed E-state index contributed by atoms with van der Waals surface area (Å²) in [6.45, 7) is 2.65. The smallest absolute Gasteiger partial charge is 0.224 e. The average Bonchev–Trinajstić information content (AvgIpc) is 2.67. The molecule has 1 amide bonds. The second kappa shape index (κ2) is 8.92. The molecule has 0 spiro atoms. The minimum Gasteiger partial charge on any atom is -0.387 e. The molecule has 0 radical (unpaired) electrons. The first kappa shape index (κ1) is 18.5. The van der Waals surface area contributed by atoms with Crippen LogP contribution in [-0.4, -0.2) is 35.5 Å². The normalized spacial score (nSPS) is 19.1. The van der Waals surface area contributed by atoms with Crippen molar-refractivity contribution in [1.82, 2.24) is 10.2 Å². The van der Waals surface area contributed by atoms with Crippen molar-refractivity contribution in [1.29, 1.82) is 0 Å². The third-order valence-corrected chi connectivity index (χ3v) is 4.83. The Bertz CT molecular complexity index is 723.